The van der Waals surface area contributed by atoms with Gasteiger partial charge >= 0.3 is 6.18 Å². The summed E-state index contributed by atoms with van der Waals surface area (Å²) in [5, 5.41) is 3.03. The monoisotopic (exact) mass is 297 g/mol. The van der Waals surface area contributed by atoms with E-state index >= 15 is 0 Å². The van der Waals surface area contributed by atoms with Crippen LogP contribution < -0.4 is 5.32 Å². The lowest BCUT2D eigenvalue weighted by atomic mass is 10.0. The zero-order valence-electron chi connectivity index (χ0n) is 11.4. The first kappa shape index (κ1) is 15.5. The molecular formula is C16H15F4N. The smallest absolute Gasteiger partial charge is 0.306 e. The van der Waals surface area contributed by atoms with Crippen LogP contribution in [0.2, 0.25) is 0 Å². The molecule has 2 aromatic rings. The highest BCUT2D eigenvalue weighted by Crippen LogP contribution is 2.30. The van der Waals surface area contributed by atoms with Crippen molar-refractivity contribution < 1.29 is 17.6 Å². The van der Waals surface area contributed by atoms with Gasteiger partial charge in [-0.05, 0) is 30.7 Å². The second-order valence-corrected chi connectivity index (χ2v) is 4.82. The van der Waals surface area contributed by atoms with E-state index in [1.165, 1.54) is 12.1 Å². The highest BCUT2D eigenvalue weighted by Gasteiger charge is 2.30. The molecule has 0 heterocycles. The third kappa shape index (κ3) is 4.04. The van der Waals surface area contributed by atoms with Crippen LogP contribution in [0.1, 0.15) is 29.7 Å². The number of alkyl halides is 3. The molecular weight excluding hydrogens is 282 g/mol. The molecule has 0 saturated heterocycles. The molecule has 5 heteroatoms. The number of halogens is 4. The average Bonchev–Trinajstić information content (AvgIpc) is 2.45. The van der Waals surface area contributed by atoms with E-state index in [-0.39, 0.29) is 18.4 Å². The van der Waals surface area contributed by atoms with E-state index in [0.29, 0.717) is 11.1 Å². The SMILES string of the molecule is CC(NCc1ccccc1F)c1cccc(C(F)(F)F)c1. The first-order chi connectivity index (χ1) is 9.88. The summed E-state index contributed by atoms with van der Waals surface area (Å²) < 4.78 is 51.5. The number of hydrogen-bond donors (Lipinski definition) is 1. The summed E-state index contributed by atoms with van der Waals surface area (Å²) in [5.41, 5.74) is 0.317. The van der Waals surface area contributed by atoms with Gasteiger partial charge in [0.25, 0.3) is 0 Å². The van der Waals surface area contributed by atoms with Crippen LogP contribution in [0.15, 0.2) is 48.5 Å². The summed E-state index contributed by atoms with van der Waals surface area (Å²) in [6.07, 6.45) is -4.36. The predicted octanol–water partition coefficient (Wildman–Crippen LogP) is 4.70. The summed E-state index contributed by atoms with van der Waals surface area (Å²) in [5.74, 6) is -0.332. The third-order valence-electron chi connectivity index (χ3n) is 3.27. The van der Waals surface area contributed by atoms with Gasteiger partial charge in [-0.15, -0.1) is 0 Å². The molecule has 112 valence electrons. The molecule has 0 bridgehead atoms. The lowest BCUT2D eigenvalue weighted by Crippen LogP contribution is -2.19. The maximum Gasteiger partial charge on any atom is 0.416 e. The molecule has 0 spiro atoms. The van der Waals surface area contributed by atoms with Gasteiger partial charge < -0.3 is 5.32 Å². The Balaban J connectivity index is 2.07. The van der Waals surface area contributed by atoms with E-state index in [9.17, 15) is 17.6 Å². The molecule has 0 amide bonds. The van der Waals surface area contributed by atoms with Gasteiger partial charge in [-0.25, -0.2) is 4.39 Å². The fourth-order valence-electron chi connectivity index (χ4n) is 2.01. The summed E-state index contributed by atoms with van der Waals surface area (Å²) in [4.78, 5) is 0. The summed E-state index contributed by atoms with van der Waals surface area (Å²) in [7, 11) is 0. The minimum absolute atomic E-state index is 0.254. The third-order valence-corrected chi connectivity index (χ3v) is 3.27. The van der Waals surface area contributed by atoms with Crippen LogP contribution in [0.3, 0.4) is 0 Å². The Kier molecular flexibility index (Phi) is 4.63. The van der Waals surface area contributed by atoms with Crippen molar-refractivity contribution >= 4 is 0 Å². The Hall–Kier alpha value is -1.88. The van der Waals surface area contributed by atoms with Gasteiger partial charge in [0.2, 0.25) is 0 Å². The lowest BCUT2D eigenvalue weighted by Gasteiger charge is -2.16. The molecule has 1 atom stereocenters. The number of benzene rings is 2. The zero-order chi connectivity index (χ0) is 15.5. The second kappa shape index (κ2) is 6.26. The Morgan fingerprint density at radius 2 is 1.76 bits per heavy atom. The van der Waals surface area contributed by atoms with E-state index in [2.05, 4.69) is 5.32 Å². The van der Waals surface area contributed by atoms with Crippen molar-refractivity contribution in [1.29, 1.82) is 0 Å². The number of rotatable bonds is 4. The molecule has 0 fully saturated rings. The van der Waals surface area contributed by atoms with Crippen molar-refractivity contribution in [1.82, 2.24) is 5.32 Å². The summed E-state index contributed by atoms with van der Waals surface area (Å²) in [6, 6.07) is 11.1. The van der Waals surface area contributed by atoms with E-state index < -0.39 is 11.7 Å². The molecule has 0 radical (unpaired) electrons. The molecule has 1 nitrogen and oxygen atoms in total. The van der Waals surface area contributed by atoms with Crippen LogP contribution in [0.5, 0.6) is 0 Å². The van der Waals surface area contributed by atoms with Crippen molar-refractivity contribution in [3.05, 3.63) is 71.0 Å². The van der Waals surface area contributed by atoms with Gasteiger partial charge in [0, 0.05) is 18.2 Å². The first-order valence-electron chi connectivity index (χ1n) is 6.52. The Labute approximate surface area is 120 Å². The normalized spacial score (nSPS) is 13.2. The second-order valence-electron chi connectivity index (χ2n) is 4.82. The van der Waals surface area contributed by atoms with Crippen LogP contribution in [0.4, 0.5) is 17.6 Å². The first-order valence-corrected chi connectivity index (χ1v) is 6.52. The molecule has 21 heavy (non-hydrogen) atoms. The van der Waals surface area contributed by atoms with Gasteiger partial charge in [0.05, 0.1) is 5.56 Å². The summed E-state index contributed by atoms with van der Waals surface area (Å²) >= 11 is 0. The van der Waals surface area contributed by atoms with Crippen LogP contribution in [0, 0.1) is 5.82 Å². The Morgan fingerprint density at radius 1 is 1.05 bits per heavy atom. The van der Waals surface area contributed by atoms with Crippen molar-refractivity contribution in [3.8, 4) is 0 Å². The standard InChI is InChI=1S/C16H15F4N/c1-11(21-10-13-5-2-3-8-15(13)17)12-6-4-7-14(9-12)16(18,19)20/h2-9,11,21H,10H2,1H3. The molecule has 0 aromatic heterocycles. The van der Waals surface area contributed by atoms with Gasteiger partial charge in [0.1, 0.15) is 5.82 Å². The van der Waals surface area contributed by atoms with E-state index in [1.54, 1.807) is 31.2 Å². The van der Waals surface area contributed by atoms with Gasteiger partial charge in [-0.2, -0.15) is 13.2 Å². The Bertz CT molecular complexity index is 607. The van der Waals surface area contributed by atoms with E-state index in [1.807, 2.05) is 0 Å². The molecule has 2 aromatic carbocycles. The Morgan fingerprint density at radius 3 is 2.43 bits per heavy atom. The summed E-state index contributed by atoms with van der Waals surface area (Å²) in [6.45, 7) is 2.00. The number of hydrogen-bond acceptors (Lipinski definition) is 1. The maximum atomic E-state index is 13.5. The minimum atomic E-state index is -4.36. The predicted molar refractivity (Wildman–Crippen MR) is 73.1 cm³/mol. The van der Waals surface area contributed by atoms with Crippen LogP contribution >= 0.6 is 0 Å². The van der Waals surface area contributed by atoms with Crippen molar-refractivity contribution in [2.24, 2.45) is 0 Å². The average molecular weight is 297 g/mol. The van der Waals surface area contributed by atoms with Crippen molar-refractivity contribution in [2.75, 3.05) is 0 Å². The largest absolute Gasteiger partial charge is 0.416 e. The topological polar surface area (TPSA) is 12.0 Å². The van der Waals surface area contributed by atoms with Gasteiger partial charge in [-0.1, -0.05) is 30.3 Å². The van der Waals surface area contributed by atoms with Crippen LogP contribution in [-0.4, -0.2) is 0 Å². The highest BCUT2D eigenvalue weighted by atomic mass is 19.4. The lowest BCUT2D eigenvalue weighted by molar-refractivity contribution is -0.137. The molecule has 0 aliphatic carbocycles. The minimum Gasteiger partial charge on any atom is -0.306 e. The molecule has 0 aliphatic heterocycles. The van der Waals surface area contributed by atoms with Gasteiger partial charge in [0.15, 0.2) is 0 Å². The molecule has 1 N–H and O–H groups in total. The zero-order valence-corrected chi connectivity index (χ0v) is 11.4. The maximum absolute atomic E-state index is 13.5. The van der Waals surface area contributed by atoms with E-state index in [4.69, 9.17) is 0 Å². The molecule has 2 rings (SSSR count). The van der Waals surface area contributed by atoms with Crippen LogP contribution in [0.25, 0.3) is 0 Å². The van der Waals surface area contributed by atoms with Gasteiger partial charge in [-0.3, -0.25) is 0 Å². The molecule has 1 unspecified atom stereocenters. The van der Waals surface area contributed by atoms with Crippen molar-refractivity contribution in [2.45, 2.75) is 25.7 Å². The fourth-order valence-corrected chi connectivity index (χ4v) is 2.01. The molecule has 0 saturated carbocycles. The highest BCUT2D eigenvalue weighted by molar-refractivity contribution is 5.28. The van der Waals surface area contributed by atoms with Crippen LogP contribution in [-0.2, 0) is 12.7 Å². The quantitative estimate of drug-likeness (QED) is 0.807. The van der Waals surface area contributed by atoms with E-state index in [0.717, 1.165) is 12.1 Å². The van der Waals surface area contributed by atoms with Crippen molar-refractivity contribution in [3.63, 3.8) is 0 Å². The number of nitrogens with one attached hydrogen (secondary N) is 1. The molecule has 0 aliphatic rings. The fraction of sp³-hybridized carbons (Fsp3) is 0.250.